The molecule has 4 heteroatoms. The Morgan fingerprint density at radius 2 is 2.26 bits per heavy atom. The molecule has 0 fully saturated rings. The summed E-state index contributed by atoms with van der Waals surface area (Å²) in [5, 5.41) is 12.0. The number of nitriles is 1. The van der Waals surface area contributed by atoms with Gasteiger partial charge in [0, 0.05) is 18.2 Å². The first-order valence-electron chi connectivity index (χ1n) is 6.17. The van der Waals surface area contributed by atoms with Crippen LogP contribution in [-0.2, 0) is 6.42 Å². The molecule has 98 valence electrons. The number of benzene rings is 1. The molecular weight excluding hydrogens is 243 g/mol. The van der Waals surface area contributed by atoms with Gasteiger partial charge in [0.2, 0.25) is 0 Å². The summed E-state index contributed by atoms with van der Waals surface area (Å²) in [7, 11) is 0. The van der Waals surface area contributed by atoms with Crippen LogP contribution >= 0.6 is 0 Å². The molecule has 0 saturated carbocycles. The molecule has 0 spiro atoms. The molecule has 3 nitrogen and oxygen atoms in total. The van der Waals surface area contributed by atoms with Crippen molar-refractivity contribution in [3.8, 4) is 6.07 Å². The quantitative estimate of drug-likeness (QED) is 0.889. The third kappa shape index (κ3) is 3.85. The van der Waals surface area contributed by atoms with E-state index in [1.165, 1.54) is 12.1 Å². The molecule has 0 aliphatic rings. The molecule has 0 bridgehead atoms. The van der Waals surface area contributed by atoms with E-state index in [1.54, 1.807) is 12.3 Å². The van der Waals surface area contributed by atoms with Crippen LogP contribution in [0.15, 0.2) is 41.0 Å². The standard InChI is InChI=1S/C15H15FN2O/c1-11(4-5-15-3-2-6-19-15)18-14-8-12(10-17)7-13(16)9-14/h2-3,6-9,11,18H,4-5H2,1H3. The van der Waals surface area contributed by atoms with Crippen LogP contribution in [0, 0.1) is 17.1 Å². The SMILES string of the molecule is CC(CCc1ccco1)Nc1cc(F)cc(C#N)c1. The Morgan fingerprint density at radius 3 is 2.95 bits per heavy atom. The Morgan fingerprint density at radius 1 is 1.42 bits per heavy atom. The number of aryl methyl sites for hydroxylation is 1. The average Bonchev–Trinajstić information content (AvgIpc) is 2.88. The zero-order chi connectivity index (χ0) is 13.7. The van der Waals surface area contributed by atoms with E-state index < -0.39 is 5.82 Å². The van der Waals surface area contributed by atoms with Gasteiger partial charge < -0.3 is 9.73 Å². The Labute approximate surface area is 111 Å². The number of rotatable bonds is 5. The predicted octanol–water partition coefficient (Wildman–Crippen LogP) is 3.72. The monoisotopic (exact) mass is 258 g/mol. The van der Waals surface area contributed by atoms with Gasteiger partial charge in [-0.15, -0.1) is 0 Å². The summed E-state index contributed by atoms with van der Waals surface area (Å²) in [6.45, 7) is 2.01. The first-order chi connectivity index (χ1) is 9.17. The highest BCUT2D eigenvalue weighted by atomic mass is 19.1. The Hall–Kier alpha value is -2.28. The number of hydrogen-bond acceptors (Lipinski definition) is 3. The van der Waals surface area contributed by atoms with E-state index in [4.69, 9.17) is 9.68 Å². The van der Waals surface area contributed by atoms with Crippen molar-refractivity contribution in [1.29, 1.82) is 5.26 Å². The molecule has 1 aromatic carbocycles. The minimum atomic E-state index is -0.403. The highest BCUT2D eigenvalue weighted by Gasteiger charge is 2.06. The summed E-state index contributed by atoms with van der Waals surface area (Å²) in [5.74, 6) is 0.533. The molecule has 1 unspecified atom stereocenters. The van der Waals surface area contributed by atoms with Crippen molar-refractivity contribution in [1.82, 2.24) is 0 Å². The summed E-state index contributed by atoms with van der Waals surface area (Å²) < 4.78 is 18.5. The molecule has 0 radical (unpaired) electrons. The van der Waals surface area contributed by atoms with Crippen LogP contribution in [0.25, 0.3) is 0 Å². The van der Waals surface area contributed by atoms with Crippen LogP contribution in [0.5, 0.6) is 0 Å². The number of nitrogens with one attached hydrogen (secondary N) is 1. The van der Waals surface area contributed by atoms with Gasteiger partial charge in [-0.1, -0.05) is 0 Å². The number of anilines is 1. The van der Waals surface area contributed by atoms with Crippen LogP contribution in [0.1, 0.15) is 24.7 Å². The Bertz CT molecular complexity index is 572. The molecule has 2 aromatic rings. The van der Waals surface area contributed by atoms with Crippen LogP contribution in [0.3, 0.4) is 0 Å². The molecular formula is C15H15FN2O. The lowest BCUT2D eigenvalue weighted by Crippen LogP contribution is -2.16. The molecule has 2 rings (SSSR count). The predicted molar refractivity (Wildman–Crippen MR) is 71.2 cm³/mol. The van der Waals surface area contributed by atoms with E-state index in [0.717, 1.165) is 18.6 Å². The van der Waals surface area contributed by atoms with Crippen molar-refractivity contribution in [3.05, 3.63) is 53.7 Å². The molecule has 0 saturated heterocycles. The van der Waals surface area contributed by atoms with Crippen molar-refractivity contribution in [2.75, 3.05) is 5.32 Å². The van der Waals surface area contributed by atoms with Gasteiger partial charge in [0.15, 0.2) is 0 Å². The lowest BCUT2D eigenvalue weighted by atomic mass is 10.1. The van der Waals surface area contributed by atoms with E-state index in [2.05, 4.69) is 5.32 Å². The lowest BCUT2D eigenvalue weighted by Gasteiger charge is -2.14. The highest BCUT2D eigenvalue weighted by molar-refractivity contribution is 5.50. The molecule has 1 heterocycles. The molecule has 1 atom stereocenters. The third-order valence-corrected chi connectivity index (χ3v) is 2.84. The van der Waals surface area contributed by atoms with Crippen LogP contribution in [-0.4, -0.2) is 6.04 Å². The first-order valence-corrected chi connectivity index (χ1v) is 6.17. The van der Waals surface area contributed by atoms with Crippen LogP contribution in [0.4, 0.5) is 10.1 Å². The van der Waals surface area contributed by atoms with Gasteiger partial charge in [0.1, 0.15) is 11.6 Å². The topological polar surface area (TPSA) is 49.0 Å². The summed E-state index contributed by atoms with van der Waals surface area (Å²) in [6, 6.07) is 10.2. The zero-order valence-corrected chi connectivity index (χ0v) is 10.7. The number of halogens is 1. The van der Waals surface area contributed by atoms with Gasteiger partial charge in [0.05, 0.1) is 17.9 Å². The summed E-state index contributed by atoms with van der Waals surface area (Å²) in [5.41, 5.74) is 0.948. The molecule has 0 aliphatic heterocycles. The smallest absolute Gasteiger partial charge is 0.126 e. The Kier molecular flexibility index (Phi) is 4.19. The number of furan rings is 1. The maximum absolute atomic E-state index is 13.3. The second-order valence-corrected chi connectivity index (χ2v) is 4.50. The fourth-order valence-corrected chi connectivity index (χ4v) is 1.91. The Balaban J connectivity index is 1.93. The van der Waals surface area contributed by atoms with E-state index in [9.17, 15) is 4.39 Å². The van der Waals surface area contributed by atoms with E-state index in [-0.39, 0.29) is 6.04 Å². The van der Waals surface area contributed by atoms with E-state index >= 15 is 0 Å². The maximum atomic E-state index is 13.3. The second-order valence-electron chi connectivity index (χ2n) is 4.50. The van der Waals surface area contributed by atoms with Gasteiger partial charge in [-0.2, -0.15) is 5.26 Å². The van der Waals surface area contributed by atoms with Crippen molar-refractivity contribution >= 4 is 5.69 Å². The van der Waals surface area contributed by atoms with Gasteiger partial charge in [-0.05, 0) is 43.7 Å². The molecule has 0 aliphatic carbocycles. The minimum Gasteiger partial charge on any atom is -0.469 e. The normalized spacial score (nSPS) is 11.8. The molecule has 1 N–H and O–H groups in total. The molecule has 1 aromatic heterocycles. The lowest BCUT2D eigenvalue weighted by molar-refractivity contribution is 0.495. The van der Waals surface area contributed by atoms with Gasteiger partial charge >= 0.3 is 0 Å². The van der Waals surface area contributed by atoms with Gasteiger partial charge in [-0.3, -0.25) is 0 Å². The fraction of sp³-hybridized carbons (Fsp3) is 0.267. The van der Waals surface area contributed by atoms with Crippen molar-refractivity contribution in [2.24, 2.45) is 0 Å². The molecule has 19 heavy (non-hydrogen) atoms. The van der Waals surface area contributed by atoms with Crippen molar-refractivity contribution in [3.63, 3.8) is 0 Å². The third-order valence-electron chi connectivity index (χ3n) is 2.84. The average molecular weight is 258 g/mol. The minimum absolute atomic E-state index is 0.165. The maximum Gasteiger partial charge on any atom is 0.126 e. The summed E-state index contributed by atoms with van der Waals surface area (Å²) in [6.07, 6.45) is 3.34. The van der Waals surface area contributed by atoms with E-state index in [0.29, 0.717) is 11.3 Å². The van der Waals surface area contributed by atoms with Crippen LogP contribution < -0.4 is 5.32 Å². The van der Waals surface area contributed by atoms with Crippen LogP contribution in [0.2, 0.25) is 0 Å². The summed E-state index contributed by atoms with van der Waals surface area (Å²) >= 11 is 0. The highest BCUT2D eigenvalue weighted by Crippen LogP contribution is 2.16. The number of nitrogens with zero attached hydrogens (tertiary/aromatic N) is 1. The van der Waals surface area contributed by atoms with E-state index in [1.807, 2.05) is 25.1 Å². The summed E-state index contributed by atoms with van der Waals surface area (Å²) in [4.78, 5) is 0. The van der Waals surface area contributed by atoms with Crippen molar-refractivity contribution < 1.29 is 8.81 Å². The van der Waals surface area contributed by atoms with Gasteiger partial charge in [0.25, 0.3) is 0 Å². The largest absolute Gasteiger partial charge is 0.469 e. The zero-order valence-electron chi connectivity index (χ0n) is 10.7. The second kappa shape index (κ2) is 6.05. The molecule has 0 amide bonds. The van der Waals surface area contributed by atoms with Crippen molar-refractivity contribution in [2.45, 2.75) is 25.8 Å². The van der Waals surface area contributed by atoms with Gasteiger partial charge in [-0.25, -0.2) is 4.39 Å². The first kappa shape index (κ1) is 13.2. The number of hydrogen-bond donors (Lipinski definition) is 1. The fourth-order valence-electron chi connectivity index (χ4n) is 1.91.